The second kappa shape index (κ2) is 7.97. The number of nitrogen functional groups attached to an aromatic ring is 1. The van der Waals surface area contributed by atoms with Crippen LogP contribution in [-0.4, -0.2) is 54.3 Å². The molecule has 0 amide bonds. The number of rotatable bonds is 6. The molecule has 4 aromatic heterocycles. The normalized spacial score (nSPS) is 19.8. The lowest BCUT2D eigenvalue weighted by Crippen LogP contribution is -2.36. The van der Waals surface area contributed by atoms with Crippen molar-refractivity contribution in [3.8, 4) is 11.3 Å². The number of imidazole rings is 1. The van der Waals surface area contributed by atoms with Crippen molar-refractivity contribution in [1.29, 1.82) is 0 Å². The summed E-state index contributed by atoms with van der Waals surface area (Å²) in [4.78, 5) is 17.9. The first-order chi connectivity index (χ1) is 15.8. The maximum Gasteiger partial charge on any atom is 0.256 e. The molecule has 1 aliphatic rings. The Bertz CT molecular complexity index is 1400. The first kappa shape index (κ1) is 19.4. The highest BCUT2D eigenvalue weighted by Crippen LogP contribution is 2.29. The zero-order chi connectivity index (χ0) is 23.3. The second-order valence-electron chi connectivity index (χ2n) is 7.84. The van der Waals surface area contributed by atoms with Crippen LogP contribution in [0, 0.1) is 6.92 Å². The van der Waals surface area contributed by atoms with Crippen molar-refractivity contribution in [2.24, 2.45) is 4.99 Å². The molecule has 0 atom stereocenters. The summed E-state index contributed by atoms with van der Waals surface area (Å²) in [6.07, 6.45) is -0.523. The molecule has 1 fully saturated rings. The van der Waals surface area contributed by atoms with E-state index in [9.17, 15) is 8.78 Å². The van der Waals surface area contributed by atoms with E-state index in [-0.39, 0.29) is 24.1 Å². The molecule has 5 rings (SSSR count). The number of aryl methyl sites for hydroxylation is 1. The van der Waals surface area contributed by atoms with Gasteiger partial charge in [-0.05, 0) is 44.9 Å². The van der Waals surface area contributed by atoms with Crippen LogP contribution in [0.3, 0.4) is 0 Å². The number of hydrogen-bond donors (Lipinski definition) is 2. The lowest BCUT2D eigenvalue weighted by Gasteiger charge is -2.31. The van der Waals surface area contributed by atoms with Gasteiger partial charge in [0, 0.05) is 18.3 Å². The van der Waals surface area contributed by atoms with Gasteiger partial charge in [0.1, 0.15) is 16.9 Å². The predicted molar refractivity (Wildman–Crippen MR) is 115 cm³/mol. The molecule has 11 heteroatoms. The SMILES string of the molecule is [2H]c1cc(-c2ccc3nc(C)n(CC(F)F)c3n2)c2c(N)nc(=NC3CC(OCC)C3)[nH]n12. The van der Waals surface area contributed by atoms with Gasteiger partial charge in [-0.25, -0.2) is 23.7 Å². The van der Waals surface area contributed by atoms with Gasteiger partial charge in [-0.15, -0.1) is 0 Å². The van der Waals surface area contributed by atoms with Crippen molar-refractivity contribution in [3.05, 3.63) is 35.8 Å². The summed E-state index contributed by atoms with van der Waals surface area (Å²) in [5, 5.41) is 3.04. The zero-order valence-corrected chi connectivity index (χ0v) is 17.7. The van der Waals surface area contributed by atoms with Gasteiger partial charge in [0.15, 0.2) is 11.5 Å². The number of nitrogens with one attached hydrogen (secondary N) is 1. The number of pyridine rings is 1. The molecule has 4 heterocycles. The molecule has 9 nitrogen and oxygen atoms in total. The van der Waals surface area contributed by atoms with Gasteiger partial charge >= 0.3 is 0 Å². The highest BCUT2D eigenvalue weighted by molar-refractivity contribution is 5.88. The van der Waals surface area contributed by atoms with E-state index in [0.29, 0.717) is 46.0 Å². The average Bonchev–Trinajstić information content (AvgIpc) is 3.23. The molecule has 32 heavy (non-hydrogen) atoms. The number of H-pyrrole nitrogens is 1. The Balaban J connectivity index is 1.56. The first-order valence-corrected chi connectivity index (χ1v) is 10.5. The van der Waals surface area contributed by atoms with E-state index >= 15 is 0 Å². The summed E-state index contributed by atoms with van der Waals surface area (Å²) in [6.45, 7) is 3.82. The summed E-state index contributed by atoms with van der Waals surface area (Å²) < 4.78 is 43.0. The molecule has 0 unspecified atom stereocenters. The Morgan fingerprint density at radius 2 is 2.12 bits per heavy atom. The quantitative estimate of drug-likeness (QED) is 0.476. The van der Waals surface area contributed by atoms with Crippen molar-refractivity contribution >= 4 is 22.5 Å². The van der Waals surface area contributed by atoms with Gasteiger partial charge in [0.2, 0.25) is 5.62 Å². The second-order valence-corrected chi connectivity index (χ2v) is 7.84. The number of halogens is 2. The van der Waals surface area contributed by atoms with Crippen LogP contribution in [0.4, 0.5) is 14.6 Å². The van der Waals surface area contributed by atoms with E-state index in [2.05, 4.69) is 25.0 Å². The summed E-state index contributed by atoms with van der Waals surface area (Å²) in [5.41, 5.74) is 9.01. The van der Waals surface area contributed by atoms with Crippen molar-refractivity contribution in [1.82, 2.24) is 29.1 Å². The number of aromatic amines is 1. The van der Waals surface area contributed by atoms with Crippen molar-refractivity contribution in [3.63, 3.8) is 0 Å². The Labute approximate surface area is 183 Å². The van der Waals surface area contributed by atoms with E-state index in [4.69, 9.17) is 11.8 Å². The Morgan fingerprint density at radius 1 is 1.31 bits per heavy atom. The number of fused-ring (bicyclic) bond motifs is 2. The molecule has 0 aromatic carbocycles. The van der Waals surface area contributed by atoms with Crippen molar-refractivity contribution in [2.45, 2.75) is 51.8 Å². The van der Waals surface area contributed by atoms with Crippen LogP contribution in [0.2, 0.25) is 0 Å². The number of nitrogens with zero attached hydrogens (tertiary/aromatic N) is 6. The van der Waals surface area contributed by atoms with Gasteiger partial charge in [0.25, 0.3) is 6.43 Å². The van der Waals surface area contributed by atoms with Crippen molar-refractivity contribution < 1.29 is 14.9 Å². The molecule has 0 saturated heterocycles. The maximum absolute atomic E-state index is 13.1. The van der Waals surface area contributed by atoms with Crippen molar-refractivity contribution in [2.75, 3.05) is 12.3 Å². The van der Waals surface area contributed by atoms with Gasteiger partial charge in [-0.3, -0.25) is 9.61 Å². The number of alkyl halides is 2. The summed E-state index contributed by atoms with van der Waals surface area (Å²) >= 11 is 0. The van der Waals surface area contributed by atoms with E-state index in [1.165, 1.54) is 9.08 Å². The standard InChI is InChI=1S/C21H24F2N8O/c1-3-32-13-8-12(9-13)26-21-28-19(24)18-14(6-7-31(18)29-21)15-4-5-16-20(27-15)30(10-17(22)23)11(2)25-16/h4-7,12-13,17H,3,8-10H2,1-2H3,(H3,24,26,28,29)/i7D. The molecular weight excluding hydrogens is 418 g/mol. The number of hydrogen-bond acceptors (Lipinski definition) is 6. The summed E-state index contributed by atoms with van der Waals surface area (Å²) in [5.74, 6) is 0.655. The van der Waals surface area contributed by atoms with Crippen LogP contribution in [0.25, 0.3) is 27.9 Å². The van der Waals surface area contributed by atoms with Gasteiger partial charge in [-0.1, -0.05) is 0 Å². The van der Waals surface area contributed by atoms with Gasteiger partial charge in [0.05, 0.1) is 25.8 Å². The Kier molecular flexibility index (Phi) is 4.82. The van der Waals surface area contributed by atoms with Crippen LogP contribution in [0.1, 0.15) is 27.0 Å². The third-order valence-corrected chi connectivity index (χ3v) is 5.65. The number of aromatic nitrogens is 6. The third-order valence-electron chi connectivity index (χ3n) is 5.65. The Morgan fingerprint density at radius 3 is 2.88 bits per heavy atom. The molecule has 3 N–H and O–H groups in total. The number of nitrogens with two attached hydrogens (primary N) is 1. The smallest absolute Gasteiger partial charge is 0.256 e. The van der Waals surface area contributed by atoms with Gasteiger partial charge < -0.3 is 15.0 Å². The molecule has 168 valence electrons. The van der Waals surface area contributed by atoms with Gasteiger partial charge in [-0.2, -0.15) is 4.98 Å². The fourth-order valence-electron chi connectivity index (χ4n) is 4.08. The lowest BCUT2D eigenvalue weighted by atomic mass is 9.90. The molecule has 0 aliphatic heterocycles. The van der Waals surface area contributed by atoms with Crippen LogP contribution in [-0.2, 0) is 11.3 Å². The highest BCUT2D eigenvalue weighted by atomic mass is 19.3. The molecule has 1 aliphatic carbocycles. The van der Waals surface area contributed by atoms with E-state index in [0.717, 1.165) is 12.8 Å². The van der Waals surface area contributed by atoms with E-state index < -0.39 is 13.0 Å². The average molecular weight is 443 g/mol. The molecule has 0 bridgehead atoms. The number of ether oxygens (including phenoxy) is 1. The van der Waals surface area contributed by atoms with Crippen LogP contribution in [0.5, 0.6) is 0 Å². The largest absolute Gasteiger partial charge is 0.382 e. The molecule has 1 saturated carbocycles. The highest BCUT2D eigenvalue weighted by Gasteiger charge is 2.29. The van der Waals surface area contributed by atoms with E-state index in [1.54, 1.807) is 25.1 Å². The molecule has 0 radical (unpaired) electrons. The van der Waals surface area contributed by atoms with Crippen LogP contribution < -0.4 is 11.4 Å². The molecule has 4 aromatic rings. The summed E-state index contributed by atoms with van der Waals surface area (Å²) in [7, 11) is 0. The zero-order valence-electron chi connectivity index (χ0n) is 18.7. The monoisotopic (exact) mass is 443 g/mol. The summed E-state index contributed by atoms with van der Waals surface area (Å²) in [6, 6.07) is 5.16. The minimum Gasteiger partial charge on any atom is -0.382 e. The third kappa shape index (κ3) is 3.62. The first-order valence-electron chi connectivity index (χ1n) is 11.0. The fraction of sp³-hybridized carbons (Fsp3) is 0.429. The lowest BCUT2D eigenvalue weighted by molar-refractivity contribution is -0.00169. The minimum absolute atomic E-state index is 0.0915. The molecular formula is C21H24F2N8O. The fourth-order valence-corrected chi connectivity index (χ4v) is 4.08. The molecule has 0 spiro atoms. The minimum atomic E-state index is -2.53. The van der Waals surface area contributed by atoms with Crippen LogP contribution in [0.15, 0.2) is 29.4 Å². The topological polar surface area (TPSA) is 111 Å². The Hall–Kier alpha value is -3.34. The number of anilines is 1. The van der Waals surface area contributed by atoms with E-state index in [1.807, 2.05) is 6.92 Å². The maximum atomic E-state index is 13.1. The van der Waals surface area contributed by atoms with Crippen LogP contribution >= 0.6 is 0 Å². The predicted octanol–water partition coefficient (Wildman–Crippen LogP) is 2.70.